The molecule has 1 aliphatic heterocycles. The minimum absolute atomic E-state index is 0.0579. The summed E-state index contributed by atoms with van der Waals surface area (Å²) in [6.07, 6.45) is 3.07. The van der Waals surface area contributed by atoms with Gasteiger partial charge in [0, 0.05) is 61.7 Å². The van der Waals surface area contributed by atoms with Gasteiger partial charge in [0.05, 0.1) is 0 Å². The molecule has 1 aliphatic rings. The highest BCUT2D eigenvalue weighted by molar-refractivity contribution is 6.07. The van der Waals surface area contributed by atoms with Gasteiger partial charge in [-0.3, -0.25) is 14.4 Å². The number of rotatable bonds is 4. The quantitative estimate of drug-likeness (QED) is 0.633. The number of benzene rings is 2. The fraction of sp³-hybridized carbons (Fsp3) is 0.192. The number of nitrogens with zero attached hydrogens (tertiary/aromatic N) is 2. The molecule has 1 atom stereocenters. The standard InChI is InChI=1S/C26H23F2N3O3/c1-15-10-22(28)20(17-8-9-30(2)24(32)11-17)12-23(15)29-26(34)21-14-31(3)25(33)13-19(21)16-4-6-18(27)7-5-16/h4-12,14,19H,13H2,1-3H3,(H,29,34). The molecular formula is C26H23F2N3O3. The van der Waals surface area contributed by atoms with Gasteiger partial charge < -0.3 is 14.8 Å². The van der Waals surface area contributed by atoms with E-state index in [9.17, 15) is 23.2 Å². The number of anilines is 1. The first-order chi connectivity index (χ1) is 16.1. The molecule has 1 N–H and O–H groups in total. The molecule has 0 radical (unpaired) electrons. The van der Waals surface area contributed by atoms with Crippen LogP contribution in [0.3, 0.4) is 0 Å². The SMILES string of the molecule is Cc1cc(F)c(-c2ccn(C)c(=O)c2)cc1NC(=O)C1=CN(C)C(=O)CC1c1ccc(F)cc1. The molecule has 0 fully saturated rings. The molecule has 0 saturated heterocycles. The molecule has 0 aliphatic carbocycles. The van der Waals surface area contributed by atoms with E-state index in [1.807, 2.05) is 0 Å². The highest BCUT2D eigenvalue weighted by atomic mass is 19.1. The molecule has 2 amide bonds. The largest absolute Gasteiger partial charge is 0.322 e. The number of hydrogen-bond acceptors (Lipinski definition) is 3. The number of amides is 2. The van der Waals surface area contributed by atoms with E-state index in [1.165, 1.54) is 46.0 Å². The van der Waals surface area contributed by atoms with Crippen LogP contribution in [0.4, 0.5) is 14.5 Å². The third-order valence-electron chi connectivity index (χ3n) is 5.99. The molecule has 6 nitrogen and oxygen atoms in total. The van der Waals surface area contributed by atoms with Crippen LogP contribution in [-0.4, -0.2) is 28.3 Å². The Morgan fingerprint density at radius 1 is 1.03 bits per heavy atom. The predicted octanol–water partition coefficient (Wildman–Crippen LogP) is 4.11. The molecule has 0 saturated carbocycles. The molecule has 8 heteroatoms. The number of halogens is 2. The fourth-order valence-electron chi connectivity index (χ4n) is 3.95. The van der Waals surface area contributed by atoms with Gasteiger partial charge in [0.2, 0.25) is 5.91 Å². The van der Waals surface area contributed by atoms with E-state index < -0.39 is 23.5 Å². The maximum absolute atomic E-state index is 14.7. The van der Waals surface area contributed by atoms with Crippen molar-refractivity contribution < 1.29 is 18.4 Å². The van der Waals surface area contributed by atoms with Gasteiger partial charge in [-0.15, -0.1) is 0 Å². The molecule has 2 heterocycles. The summed E-state index contributed by atoms with van der Waals surface area (Å²) in [5, 5.41) is 2.82. The summed E-state index contributed by atoms with van der Waals surface area (Å²) in [7, 11) is 3.16. The Balaban J connectivity index is 1.69. The van der Waals surface area contributed by atoms with E-state index in [0.717, 1.165) is 0 Å². The molecular weight excluding hydrogens is 440 g/mol. The summed E-state index contributed by atoms with van der Waals surface area (Å²) in [6.45, 7) is 1.66. The van der Waals surface area contributed by atoms with Gasteiger partial charge in [0.1, 0.15) is 11.6 Å². The van der Waals surface area contributed by atoms with Crippen molar-refractivity contribution in [2.24, 2.45) is 7.05 Å². The highest BCUT2D eigenvalue weighted by Crippen LogP contribution is 2.34. The maximum atomic E-state index is 14.7. The Morgan fingerprint density at radius 2 is 1.74 bits per heavy atom. The van der Waals surface area contributed by atoms with Crippen LogP contribution in [0, 0.1) is 18.6 Å². The number of hydrogen-bond donors (Lipinski definition) is 1. The molecule has 4 rings (SSSR count). The first-order valence-electron chi connectivity index (χ1n) is 10.7. The molecule has 34 heavy (non-hydrogen) atoms. The maximum Gasteiger partial charge on any atom is 0.253 e. The first kappa shape index (κ1) is 23.1. The number of aromatic nitrogens is 1. The second-order valence-electron chi connectivity index (χ2n) is 8.36. The first-order valence-corrected chi connectivity index (χ1v) is 10.7. The van der Waals surface area contributed by atoms with Gasteiger partial charge in [0.15, 0.2) is 0 Å². The van der Waals surface area contributed by atoms with Crippen molar-refractivity contribution in [3.63, 3.8) is 0 Å². The highest BCUT2D eigenvalue weighted by Gasteiger charge is 2.31. The Bertz CT molecular complexity index is 1380. The van der Waals surface area contributed by atoms with Crippen LogP contribution in [0.25, 0.3) is 11.1 Å². The van der Waals surface area contributed by atoms with Gasteiger partial charge in [-0.25, -0.2) is 8.78 Å². The summed E-state index contributed by atoms with van der Waals surface area (Å²) in [5.74, 6) is -2.12. The number of aryl methyl sites for hydroxylation is 2. The third-order valence-corrected chi connectivity index (χ3v) is 5.99. The molecule has 3 aromatic rings. The summed E-state index contributed by atoms with van der Waals surface area (Å²) in [6, 6.07) is 11.4. The Hall–Kier alpha value is -4.07. The average molecular weight is 463 g/mol. The van der Waals surface area contributed by atoms with Crippen molar-refractivity contribution in [3.8, 4) is 11.1 Å². The van der Waals surface area contributed by atoms with Crippen molar-refractivity contribution in [2.75, 3.05) is 12.4 Å². The van der Waals surface area contributed by atoms with E-state index in [1.54, 1.807) is 45.4 Å². The monoisotopic (exact) mass is 463 g/mol. The van der Waals surface area contributed by atoms with Crippen LogP contribution in [0.2, 0.25) is 0 Å². The van der Waals surface area contributed by atoms with E-state index in [-0.39, 0.29) is 23.5 Å². The van der Waals surface area contributed by atoms with Crippen molar-refractivity contribution in [2.45, 2.75) is 19.3 Å². The topological polar surface area (TPSA) is 71.4 Å². The van der Waals surface area contributed by atoms with Crippen LogP contribution in [0.15, 0.2) is 71.3 Å². The fourth-order valence-corrected chi connectivity index (χ4v) is 3.95. The van der Waals surface area contributed by atoms with E-state index in [4.69, 9.17) is 0 Å². The molecule has 0 bridgehead atoms. The normalized spacial score (nSPS) is 15.8. The van der Waals surface area contributed by atoms with Crippen LogP contribution in [0.1, 0.15) is 23.5 Å². The van der Waals surface area contributed by atoms with E-state index in [2.05, 4.69) is 5.32 Å². The molecule has 1 unspecified atom stereocenters. The number of carbonyl (C=O) groups is 2. The van der Waals surface area contributed by atoms with Crippen molar-refractivity contribution in [1.82, 2.24) is 9.47 Å². The second kappa shape index (κ2) is 9.05. The number of nitrogens with one attached hydrogen (secondary N) is 1. The van der Waals surface area contributed by atoms with Gasteiger partial charge in [-0.2, -0.15) is 0 Å². The summed E-state index contributed by atoms with van der Waals surface area (Å²) < 4.78 is 29.5. The number of carbonyl (C=O) groups excluding carboxylic acids is 2. The lowest BCUT2D eigenvalue weighted by Crippen LogP contribution is -2.33. The van der Waals surface area contributed by atoms with E-state index >= 15 is 0 Å². The van der Waals surface area contributed by atoms with Crippen molar-refractivity contribution >= 4 is 17.5 Å². The smallest absolute Gasteiger partial charge is 0.253 e. The second-order valence-corrected chi connectivity index (χ2v) is 8.36. The van der Waals surface area contributed by atoms with Crippen molar-refractivity contribution in [1.29, 1.82) is 0 Å². The van der Waals surface area contributed by atoms with Gasteiger partial charge in [-0.05, 0) is 53.9 Å². The molecule has 1 aromatic heterocycles. The molecule has 0 spiro atoms. The predicted molar refractivity (Wildman–Crippen MR) is 125 cm³/mol. The zero-order valence-electron chi connectivity index (χ0n) is 18.9. The summed E-state index contributed by atoms with van der Waals surface area (Å²) in [4.78, 5) is 39.0. The Labute approximate surface area is 195 Å². The van der Waals surface area contributed by atoms with Crippen LogP contribution < -0.4 is 10.9 Å². The lowest BCUT2D eigenvalue weighted by molar-refractivity contribution is -0.128. The number of pyridine rings is 1. The minimum atomic E-state index is -0.554. The molecule has 174 valence electrons. The van der Waals surface area contributed by atoms with Gasteiger partial charge in [0.25, 0.3) is 11.5 Å². The van der Waals surface area contributed by atoms with Crippen LogP contribution >= 0.6 is 0 Å². The summed E-state index contributed by atoms with van der Waals surface area (Å²) in [5.41, 5.74) is 2.12. The lowest BCUT2D eigenvalue weighted by atomic mass is 9.85. The van der Waals surface area contributed by atoms with Crippen LogP contribution in [-0.2, 0) is 16.6 Å². The zero-order valence-corrected chi connectivity index (χ0v) is 18.9. The van der Waals surface area contributed by atoms with Crippen LogP contribution in [0.5, 0.6) is 0 Å². The van der Waals surface area contributed by atoms with Crippen molar-refractivity contribution in [3.05, 3.63) is 99.6 Å². The third kappa shape index (κ3) is 4.52. The molecule has 2 aromatic carbocycles. The van der Waals surface area contributed by atoms with E-state index in [0.29, 0.717) is 28.0 Å². The van der Waals surface area contributed by atoms with Gasteiger partial charge in [-0.1, -0.05) is 12.1 Å². The van der Waals surface area contributed by atoms with Gasteiger partial charge >= 0.3 is 0 Å². The average Bonchev–Trinajstić information content (AvgIpc) is 2.79. The Morgan fingerprint density at radius 3 is 2.41 bits per heavy atom. The summed E-state index contributed by atoms with van der Waals surface area (Å²) >= 11 is 0. The minimum Gasteiger partial charge on any atom is -0.322 e. The zero-order chi connectivity index (χ0) is 24.6. The lowest BCUT2D eigenvalue weighted by Gasteiger charge is -2.28. The Kier molecular flexibility index (Phi) is 6.15.